The Labute approximate surface area is 259 Å². The second-order valence-electron chi connectivity index (χ2n) is 12.7. The number of cyclic esters (lactones) is 1. The summed E-state index contributed by atoms with van der Waals surface area (Å²) < 4.78 is 8.02. The van der Waals surface area contributed by atoms with Gasteiger partial charge in [-0.3, -0.25) is 14.5 Å². The number of ether oxygens (including phenoxy) is 1. The molecule has 0 spiro atoms. The molecule has 1 aromatic carbocycles. The van der Waals surface area contributed by atoms with Crippen molar-refractivity contribution in [1.82, 2.24) is 14.7 Å². The van der Waals surface area contributed by atoms with E-state index in [1.807, 2.05) is 68.1 Å². The van der Waals surface area contributed by atoms with E-state index in [2.05, 4.69) is 4.90 Å². The minimum Gasteiger partial charge on any atom is -0.458 e. The number of carbonyl (C=O) groups excluding carboxylic acids is 2. The van der Waals surface area contributed by atoms with Crippen LogP contribution in [0.15, 0.2) is 40.9 Å². The molecule has 0 amide bonds. The lowest BCUT2D eigenvalue weighted by Gasteiger charge is -2.29. The molecule has 1 aromatic heterocycles. The van der Waals surface area contributed by atoms with E-state index in [1.165, 1.54) is 0 Å². The Bertz CT molecular complexity index is 1290. The molecule has 6 atom stereocenters. The molecule has 0 aliphatic carbocycles. The first-order chi connectivity index (χ1) is 20.4. The monoisotopic (exact) mass is 612 g/mol. The molecular formula is C33H48N4O5S. The number of aliphatic hydroxyl groups is 2. The summed E-state index contributed by atoms with van der Waals surface area (Å²) in [5.74, 6) is -0.858. The molecule has 4 N–H and O–H groups in total. The van der Waals surface area contributed by atoms with Crippen LogP contribution in [0.1, 0.15) is 78.3 Å². The van der Waals surface area contributed by atoms with Gasteiger partial charge < -0.3 is 20.7 Å². The minimum absolute atomic E-state index is 0.0230. The molecule has 2 aliphatic heterocycles. The molecule has 10 heteroatoms. The number of thioether (sulfide) groups is 1. The highest BCUT2D eigenvalue weighted by Gasteiger charge is 2.47. The van der Waals surface area contributed by atoms with E-state index in [1.54, 1.807) is 18.7 Å². The summed E-state index contributed by atoms with van der Waals surface area (Å²) in [6.07, 6.45) is 7.17. The SMILES string of the molecule is CSc1cc(/C=C(\C)C2CC3C(CCCCC(O)[C@@H](C)C(=O)C(C)(C)CCC(=O)O2)N3CCO)nn1-c1ccc(N)cc1. The molecule has 4 rings (SSSR count). The molecule has 43 heavy (non-hydrogen) atoms. The number of benzene rings is 1. The van der Waals surface area contributed by atoms with Crippen LogP contribution < -0.4 is 5.73 Å². The molecule has 0 radical (unpaired) electrons. The first-order valence-corrected chi connectivity index (χ1v) is 16.6. The van der Waals surface area contributed by atoms with E-state index in [9.17, 15) is 19.8 Å². The third-order valence-corrected chi connectivity index (χ3v) is 9.79. The van der Waals surface area contributed by atoms with Crippen LogP contribution in [-0.4, -0.2) is 80.3 Å². The van der Waals surface area contributed by atoms with E-state index >= 15 is 0 Å². The summed E-state index contributed by atoms with van der Waals surface area (Å²) in [6.45, 7) is 8.10. The number of rotatable bonds is 6. The molecule has 9 nitrogen and oxygen atoms in total. The van der Waals surface area contributed by atoms with Gasteiger partial charge in [0.05, 0.1) is 24.1 Å². The quantitative estimate of drug-likeness (QED) is 0.181. The summed E-state index contributed by atoms with van der Waals surface area (Å²) in [4.78, 5) is 28.7. The third-order valence-electron chi connectivity index (χ3n) is 9.08. The van der Waals surface area contributed by atoms with Gasteiger partial charge in [-0.2, -0.15) is 5.10 Å². The minimum atomic E-state index is -0.750. The number of hydrogen-bond donors (Lipinski definition) is 3. The molecule has 236 valence electrons. The summed E-state index contributed by atoms with van der Waals surface area (Å²) in [5, 5.41) is 26.2. The fourth-order valence-corrected chi connectivity index (χ4v) is 6.82. The molecule has 5 unspecified atom stereocenters. The number of esters is 1. The lowest BCUT2D eigenvalue weighted by Crippen LogP contribution is -2.36. The maximum absolute atomic E-state index is 13.2. The van der Waals surface area contributed by atoms with E-state index in [-0.39, 0.29) is 36.9 Å². The predicted octanol–water partition coefficient (Wildman–Crippen LogP) is 4.87. The molecule has 2 saturated heterocycles. The van der Waals surface area contributed by atoms with Gasteiger partial charge in [-0.15, -0.1) is 11.8 Å². The zero-order chi connectivity index (χ0) is 31.3. The van der Waals surface area contributed by atoms with Crippen LogP contribution in [0.5, 0.6) is 0 Å². The van der Waals surface area contributed by atoms with Crippen LogP contribution >= 0.6 is 11.8 Å². The van der Waals surface area contributed by atoms with E-state index < -0.39 is 23.5 Å². The summed E-state index contributed by atoms with van der Waals surface area (Å²) in [7, 11) is 0. The molecule has 2 aliphatic rings. The van der Waals surface area contributed by atoms with Crippen molar-refractivity contribution in [2.24, 2.45) is 11.3 Å². The summed E-state index contributed by atoms with van der Waals surface area (Å²) >= 11 is 1.59. The van der Waals surface area contributed by atoms with Gasteiger partial charge >= 0.3 is 5.97 Å². The van der Waals surface area contributed by atoms with Crippen molar-refractivity contribution in [3.05, 3.63) is 41.6 Å². The molecular weight excluding hydrogens is 564 g/mol. The van der Waals surface area contributed by atoms with Crippen LogP contribution in [0, 0.1) is 11.3 Å². The molecule has 2 fully saturated rings. The van der Waals surface area contributed by atoms with Crippen LogP contribution in [0.4, 0.5) is 5.69 Å². The first kappa shape index (κ1) is 33.2. The van der Waals surface area contributed by atoms with E-state index in [4.69, 9.17) is 15.6 Å². The van der Waals surface area contributed by atoms with Gasteiger partial charge in [0.1, 0.15) is 16.9 Å². The number of hydrogen-bond acceptors (Lipinski definition) is 9. The number of carbonyl (C=O) groups is 2. The van der Waals surface area contributed by atoms with Crippen LogP contribution in [-0.2, 0) is 14.3 Å². The number of ketones is 1. The van der Waals surface area contributed by atoms with Crippen molar-refractivity contribution in [2.45, 2.75) is 102 Å². The fourth-order valence-electron chi connectivity index (χ4n) is 6.26. The van der Waals surface area contributed by atoms with Gasteiger partial charge in [-0.25, -0.2) is 4.68 Å². The number of aromatic nitrogens is 2. The number of nitrogen functional groups attached to an aromatic ring is 1. The average molecular weight is 613 g/mol. The Balaban J connectivity index is 1.59. The van der Waals surface area contributed by atoms with Crippen molar-refractivity contribution in [3.8, 4) is 5.69 Å². The number of nitrogens with zero attached hydrogens (tertiary/aromatic N) is 3. The number of nitrogens with two attached hydrogens (primary N) is 1. The Kier molecular flexibility index (Phi) is 11.1. The Hall–Kier alpha value is -2.66. The summed E-state index contributed by atoms with van der Waals surface area (Å²) in [6, 6.07) is 10.1. The van der Waals surface area contributed by atoms with E-state index in [0.717, 1.165) is 41.2 Å². The topological polar surface area (TPSA) is 131 Å². The van der Waals surface area contributed by atoms with Crippen molar-refractivity contribution in [1.29, 1.82) is 0 Å². The standard InChI is InChI=1S/C33H48N4O5S/c1-21(18-24-19-30(43-5)37(35-24)25-12-10-23(34)11-13-25)29-20-27-26(36(27)16-17-38)8-6-7-9-28(39)22(2)32(41)33(3,4)15-14-31(40)42-29/h10-13,18-19,22,26-29,38-39H,6-9,14-17,20,34H2,1-5H3/b21-18+/t22-,26?,27?,28?,29?,36?/m1/s1. The first-order valence-electron chi connectivity index (χ1n) is 15.4. The van der Waals surface area contributed by atoms with Gasteiger partial charge in [-0.05, 0) is 74.4 Å². The molecule has 0 bridgehead atoms. The van der Waals surface area contributed by atoms with E-state index in [0.29, 0.717) is 31.5 Å². The largest absolute Gasteiger partial charge is 0.458 e. The Morgan fingerprint density at radius 3 is 2.56 bits per heavy atom. The Morgan fingerprint density at radius 1 is 1.19 bits per heavy atom. The van der Waals surface area contributed by atoms with Crippen molar-refractivity contribution in [2.75, 3.05) is 25.1 Å². The maximum Gasteiger partial charge on any atom is 0.306 e. The van der Waals surface area contributed by atoms with Gasteiger partial charge in [0.15, 0.2) is 0 Å². The molecule has 3 heterocycles. The van der Waals surface area contributed by atoms with Gasteiger partial charge in [0, 0.05) is 48.5 Å². The fraction of sp³-hybridized carbons (Fsp3) is 0.606. The number of anilines is 1. The second kappa shape index (κ2) is 14.4. The lowest BCUT2D eigenvalue weighted by molar-refractivity contribution is -0.148. The number of aliphatic hydroxyl groups excluding tert-OH is 2. The second-order valence-corrected chi connectivity index (χ2v) is 13.5. The third kappa shape index (κ3) is 8.29. The van der Waals surface area contributed by atoms with Gasteiger partial charge in [-0.1, -0.05) is 33.6 Å². The number of Topliss-reactive ketones (excluding diaryl/α,β-unsaturated/α-hetero) is 1. The molecule has 2 aromatic rings. The number of fused-ring (bicyclic) bond motifs is 1. The highest BCUT2D eigenvalue weighted by atomic mass is 32.2. The van der Waals surface area contributed by atoms with Gasteiger partial charge in [0.2, 0.25) is 0 Å². The molecule has 0 saturated carbocycles. The smallest absolute Gasteiger partial charge is 0.306 e. The average Bonchev–Trinajstić information content (AvgIpc) is 3.44. The zero-order valence-corrected chi connectivity index (χ0v) is 27.0. The normalized spacial score (nSPS) is 29.1. The maximum atomic E-state index is 13.2. The summed E-state index contributed by atoms with van der Waals surface area (Å²) in [5.41, 5.74) is 8.39. The van der Waals surface area contributed by atoms with Gasteiger partial charge in [0.25, 0.3) is 0 Å². The zero-order valence-electron chi connectivity index (χ0n) is 26.2. The predicted molar refractivity (Wildman–Crippen MR) is 171 cm³/mol. The lowest BCUT2D eigenvalue weighted by atomic mass is 9.76. The van der Waals surface area contributed by atoms with Crippen molar-refractivity contribution < 1.29 is 24.5 Å². The highest BCUT2D eigenvalue weighted by Crippen LogP contribution is 2.38. The van der Waals surface area contributed by atoms with Crippen LogP contribution in [0.25, 0.3) is 11.8 Å². The van der Waals surface area contributed by atoms with Crippen LogP contribution in [0.3, 0.4) is 0 Å². The van der Waals surface area contributed by atoms with Crippen molar-refractivity contribution >= 4 is 35.3 Å². The van der Waals surface area contributed by atoms with Crippen molar-refractivity contribution in [3.63, 3.8) is 0 Å². The number of β-amino-alcohol motifs (C(OH)–C–C–N with tert-alkyl or cyclic N) is 1. The highest BCUT2D eigenvalue weighted by molar-refractivity contribution is 7.98. The van der Waals surface area contributed by atoms with Crippen LogP contribution in [0.2, 0.25) is 0 Å². The Morgan fingerprint density at radius 2 is 1.88 bits per heavy atom.